The molecule has 2 heterocycles. The quantitative estimate of drug-likeness (QED) is 0.898. The Labute approximate surface area is 97.2 Å². The third kappa shape index (κ3) is 1.89. The molecule has 4 heteroatoms. The van der Waals surface area contributed by atoms with Gasteiger partial charge in [-0.1, -0.05) is 0 Å². The molecular weight excluding hydrogens is 260 g/mol. The fraction of sp³-hybridized carbons (Fsp3) is 0.600. The van der Waals surface area contributed by atoms with E-state index < -0.39 is 0 Å². The summed E-state index contributed by atoms with van der Waals surface area (Å²) < 4.78 is 1.19. The molecule has 2 N–H and O–H groups in total. The number of nitrogens with two attached hydrogens (primary N) is 1. The Kier molecular flexibility index (Phi) is 3.27. The largest absolute Gasteiger partial charge is 0.330 e. The average molecular weight is 275 g/mol. The lowest BCUT2D eigenvalue weighted by atomic mass is 9.99. The molecule has 1 aliphatic heterocycles. The number of thiophene rings is 1. The molecule has 1 aromatic rings. The third-order valence-corrected chi connectivity index (χ3v) is 4.72. The topological polar surface area (TPSA) is 29.3 Å². The molecule has 0 radical (unpaired) electrons. The van der Waals surface area contributed by atoms with Crippen LogP contribution in [0.3, 0.4) is 0 Å². The number of halogens is 1. The van der Waals surface area contributed by atoms with Gasteiger partial charge in [-0.3, -0.25) is 4.90 Å². The van der Waals surface area contributed by atoms with Crippen LogP contribution < -0.4 is 5.73 Å². The first-order chi connectivity index (χ1) is 6.72. The maximum Gasteiger partial charge on any atom is 0.0479 e. The zero-order valence-corrected chi connectivity index (χ0v) is 10.6. The van der Waals surface area contributed by atoms with Crippen LogP contribution in [0.2, 0.25) is 0 Å². The molecule has 1 saturated heterocycles. The first kappa shape index (κ1) is 10.6. The summed E-state index contributed by atoms with van der Waals surface area (Å²) in [6.45, 7) is 1.96. The van der Waals surface area contributed by atoms with Crippen LogP contribution in [0.25, 0.3) is 0 Å². The number of hydrogen-bond donors (Lipinski definition) is 1. The molecule has 0 amide bonds. The SMILES string of the molecule is CN1CCC(CN)C1c1cc(Br)cs1. The van der Waals surface area contributed by atoms with Gasteiger partial charge in [0.2, 0.25) is 0 Å². The summed E-state index contributed by atoms with van der Waals surface area (Å²) in [4.78, 5) is 3.85. The van der Waals surface area contributed by atoms with E-state index in [1.54, 1.807) is 0 Å². The van der Waals surface area contributed by atoms with Crippen molar-refractivity contribution in [1.29, 1.82) is 0 Å². The Morgan fingerprint density at radius 2 is 2.50 bits per heavy atom. The van der Waals surface area contributed by atoms with Crippen LogP contribution in [0, 0.1) is 5.92 Å². The fourth-order valence-electron chi connectivity index (χ4n) is 2.21. The van der Waals surface area contributed by atoms with E-state index in [9.17, 15) is 0 Å². The molecule has 2 atom stereocenters. The number of nitrogens with zero attached hydrogens (tertiary/aromatic N) is 1. The highest BCUT2D eigenvalue weighted by Crippen LogP contribution is 2.39. The molecule has 14 heavy (non-hydrogen) atoms. The molecule has 2 unspecified atom stereocenters. The number of hydrogen-bond acceptors (Lipinski definition) is 3. The second-order valence-corrected chi connectivity index (χ2v) is 5.74. The lowest BCUT2D eigenvalue weighted by Crippen LogP contribution is -2.24. The van der Waals surface area contributed by atoms with Gasteiger partial charge >= 0.3 is 0 Å². The predicted octanol–water partition coefficient (Wildman–Crippen LogP) is 2.46. The lowest BCUT2D eigenvalue weighted by Gasteiger charge is -2.22. The van der Waals surface area contributed by atoms with Crippen molar-refractivity contribution in [3.63, 3.8) is 0 Å². The Hall–Kier alpha value is 0.1000. The number of likely N-dealkylation sites (tertiary alicyclic amines) is 1. The van der Waals surface area contributed by atoms with Crippen molar-refractivity contribution >= 4 is 27.3 Å². The molecule has 0 spiro atoms. The van der Waals surface area contributed by atoms with Crippen LogP contribution in [0.15, 0.2) is 15.9 Å². The minimum absolute atomic E-state index is 0.538. The molecule has 0 aliphatic carbocycles. The highest BCUT2D eigenvalue weighted by Gasteiger charge is 2.32. The van der Waals surface area contributed by atoms with Crippen LogP contribution >= 0.6 is 27.3 Å². The molecule has 0 aromatic carbocycles. The van der Waals surface area contributed by atoms with Gasteiger partial charge in [0.05, 0.1) is 0 Å². The van der Waals surface area contributed by atoms with Crippen LogP contribution in [-0.4, -0.2) is 25.0 Å². The first-order valence-corrected chi connectivity index (χ1v) is 6.54. The van der Waals surface area contributed by atoms with Crippen LogP contribution in [0.5, 0.6) is 0 Å². The summed E-state index contributed by atoms with van der Waals surface area (Å²) in [5, 5.41) is 2.15. The van der Waals surface area contributed by atoms with Gasteiger partial charge in [0.1, 0.15) is 0 Å². The van der Waals surface area contributed by atoms with Gasteiger partial charge in [0.25, 0.3) is 0 Å². The minimum Gasteiger partial charge on any atom is -0.330 e. The predicted molar refractivity (Wildman–Crippen MR) is 64.6 cm³/mol. The summed E-state index contributed by atoms with van der Waals surface area (Å²) in [6, 6.07) is 2.76. The zero-order chi connectivity index (χ0) is 10.1. The maximum atomic E-state index is 5.80. The van der Waals surface area contributed by atoms with E-state index in [4.69, 9.17) is 5.73 Å². The van der Waals surface area contributed by atoms with Crippen molar-refractivity contribution in [3.05, 3.63) is 20.8 Å². The van der Waals surface area contributed by atoms with Crippen molar-refractivity contribution in [2.24, 2.45) is 11.7 Å². The Morgan fingerprint density at radius 3 is 3.07 bits per heavy atom. The average Bonchev–Trinajstić information content (AvgIpc) is 2.71. The normalized spacial score (nSPS) is 28.5. The van der Waals surface area contributed by atoms with E-state index in [-0.39, 0.29) is 0 Å². The molecule has 0 bridgehead atoms. The fourth-order valence-corrected chi connectivity index (χ4v) is 3.91. The van der Waals surface area contributed by atoms with E-state index >= 15 is 0 Å². The van der Waals surface area contributed by atoms with Crippen molar-refractivity contribution in [2.75, 3.05) is 20.1 Å². The van der Waals surface area contributed by atoms with E-state index in [2.05, 4.69) is 39.3 Å². The van der Waals surface area contributed by atoms with Gasteiger partial charge in [-0.25, -0.2) is 0 Å². The van der Waals surface area contributed by atoms with Gasteiger partial charge in [-0.2, -0.15) is 0 Å². The molecule has 2 nitrogen and oxygen atoms in total. The van der Waals surface area contributed by atoms with Gasteiger partial charge in [-0.05, 0) is 54.5 Å². The van der Waals surface area contributed by atoms with Crippen molar-refractivity contribution in [3.8, 4) is 0 Å². The molecule has 1 fully saturated rings. The van der Waals surface area contributed by atoms with Crippen molar-refractivity contribution < 1.29 is 0 Å². The molecular formula is C10H15BrN2S. The van der Waals surface area contributed by atoms with Crippen LogP contribution in [0.4, 0.5) is 0 Å². The molecule has 1 aliphatic rings. The van der Waals surface area contributed by atoms with Gasteiger partial charge in [-0.15, -0.1) is 11.3 Å². The molecule has 78 valence electrons. The van der Waals surface area contributed by atoms with Gasteiger partial charge in [0.15, 0.2) is 0 Å². The van der Waals surface area contributed by atoms with Crippen molar-refractivity contribution in [2.45, 2.75) is 12.5 Å². The van der Waals surface area contributed by atoms with Crippen molar-refractivity contribution in [1.82, 2.24) is 4.90 Å². The minimum atomic E-state index is 0.538. The Balaban J connectivity index is 2.22. The summed E-state index contributed by atoms with van der Waals surface area (Å²) in [5.74, 6) is 0.630. The van der Waals surface area contributed by atoms with Crippen LogP contribution in [-0.2, 0) is 0 Å². The van der Waals surface area contributed by atoms with E-state index in [0.717, 1.165) is 6.54 Å². The van der Waals surface area contributed by atoms with Gasteiger partial charge in [0, 0.05) is 20.8 Å². The second kappa shape index (κ2) is 4.31. The standard InChI is InChI=1S/C10H15BrN2S/c1-13-3-2-7(5-12)10(13)9-4-8(11)6-14-9/h4,6-7,10H,2-3,5,12H2,1H3. The summed E-state index contributed by atoms with van der Waals surface area (Å²) in [5.41, 5.74) is 5.80. The number of rotatable bonds is 2. The summed E-state index contributed by atoms with van der Waals surface area (Å²) >= 11 is 5.33. The smallest absolute Gasteiger partial charge is 0.0479 e. The molecule has 0 saturated carbocycles. The molecule has 2 rings (SSSR count). The van der Waals surface area contributed by atoms with E-state index in [1.807, 2.05) is 11.3 Å². The Bertz CT molecular complexity index is 313. The highest BCUT2D eigenvalue weighted by atomic mass is 79.9. The monoisotopic (exact) mass is 274 g/mol. The lowest BCUT2D eigenvalue weighted by molar-refractivity contribution is 0.284. The highest BCUT2D eigenvalue weighted by molar-refractivity contribution is 9.10. The van der Waals surface area contributed by atoms with Gasteiger partial charge < -0.3 is 5.73 Å². The van der Waals surface area contributed by atoms with E-state index in [0.29, 0.717) is 12.0 Å². The Morgan fingerprint density at radius 1 is 1.71 bits per heavy atom. The zero-order valence-electron chi connectivity index (χ0n) is 8.24. The summed E-state index contributed by atoms with van der Waals surface area (Å²) in [6.07, 6.45) is 1.23. The second-order valence-electron chi connectivity index (χ2n) is 3.88. The third-order valence-electron chi connectivity index (χ3n) is 2.96. The maximum absolute atomic E-state index is 5.80. The molecule has 1 aromatic heterocycles. The van der Waals surface area contributed by atoms with E-state index in [1.165, 1.54) is 22.3 Å². The summed E-state index contributed by atoms with van der Waals surface area (Å²) in [7, 11) is 2.19. The van der Waals surface area contributed by atoms with Crippen LogP contribution in [0.1, 0.15) is 17.3 Å². The first-order valence-electron chi connectivity index (χ1n) is 4.86.